The molecule has 2 amide bonds. The minimum absolute atomic E-state index is 0.00350. The third-order valence-corrected chi connectivity index (χ3v) is 8.75. The Morgan fingerprint density at radius 3 is 1.95 bits per heavy atom. The molecule has 0 aliphatic carbocycles. The first-order chi connectivity index (χ1) is 21.5. The van der Waals surface area contributed by atoms with Crippen molar-refractivity contribution in [2.45, 2.75) is 38.9 Å². The molecule has 0 spiro atoms. The van der Waals surface area contributed by atoms with Crippen LogP contribution in [0.2, 0.25) is 0 Å². The number of halogens is 1. The van der Waals surface area contributed by atoms with E-state index in [1.807, 2.05) is 71.6 Å². The molecule has 6 heteroatoms. The van der Waals surface area contributed by atoms with Crippen molar-refractivity contribution in [2.24, 2.45) is 0 Å². The normalized spacial score (nSPS) is 14.5. The summed E-state index contributed by atoms with van der Waals surface area (Å²) in [4.78, 5) is 34.5. The number of benzene rings is 4. The predicted octanol–water partition coefficient (Wildman–Crippen LogP) is 7.01. The SMILES string of the molecule is CCc1ccc(CN(C(=O)C=Cc2ccc(Br)cc2)C(Cc2ccccc2)C(=O)N2CCN(Cc3ccccc3)CC2)cc1. The zero-order valence-electron chi connectivity index (χ0n) is 25.3. The number of hydrogen-bond donors (Lipinski definition) is 0. The van der Waals surface area contributed by atoms with Crippen LogP contribution >= 0.6 is 15.9 Å². The van der Waals surface area contributed by atoms with E-state index < -0.39 is 6.04 Å². The molecule has 1 atom stereocenters. The molecule has 226 valence electrons. The molecule has 1 heterocycles. The maximum absolute atomic E-state index is 14.4. The lowest BCUT2D eigenvalue weighted by Gasteiger charge is -2.39. The highest BCUT2D eigenvalue weighted by atomic mass is 79.9. The van der Waals surface area contributed by atoms with Crippen LogP contribution in [-0.2, 0) is 35.5 Å². The lowest BCUT2D eigenvalue weighted by Crippen LogP contribution is -2.56. The first-order valence-corrected chi connectivity index (χ1v) is 16.2. The second-order valence-electron chi connectivity index (χ2n) is 11.3. The maximum Gasteiger partial charge on any atom is 0.247 e. The summed E-state index contributed by atoms with van der Waals surface area (Å²) < 4.78 is 0.982. The Morgan fingerprint density at radius 1 is 0.750 bits per heavy atom. The van der Waals surface area contributed by atoms with Gasteiger partial charge in [0, 0.05) is 56.2 Å². The zero-order chi connectivity index (χ0) is 30.7. The highest BCUT2D eigenvalue weighted by Gasteiger charge is 2.34. The van der Waals surface area contributed by atoms with Crippen LogP contribution in [0.1, 0.15) is 34.7 Å². The van der Waals surface area contributed by atoms with Crippen molar-refractivity contribution in [3.8, 4) is 0 Å². The van der Waals surface area contributed by atoms with Gasteiger partial charge in [0.25, 0.3) is 0 Å². The van der Waals surface area contributed by atoms with Gasteiger partial charge in [-0.3, -0.25) is 14.5 Å². The first kappa shape index (κ1) is 31.4. The van der Waals surface area contributed by atoms with Crippen molar-refractivity contribution < 1.29 is 9.59 Å². The Balaban J connectivity index is 1.40. The largest absolute Gasteiger partial charge is 0.338 e. The molecular formula is C38H40BrN3O2. The van der Waals surface area contributed by atoms with E-state index in [2.05, 4.69) is 76.3 Å². The summed E-state index contributed by atoms with van der Waals surface area (Å²) in [6.45, 7) is 6.23. The molecule has 0 aromatic heterocycles. The number of carbonyl (C=O) groups is 2. The fraction of sp³-hybridized carbons (Fsp3) is 0.263. The second-order valence-corrected chi connectivity index (χ2v) is 12.2. The molecule has 1 fully saturated rings. The molecule has 1 saturated heterocycles. The molecule has 4 aromatic rings. The van der Waals surface area contributed by atoms with Crippen LogP contribution < -0.4 is 0 Å². The highest BCUT2D eigenvalue weighted by molar-refractivity contribution is 9.10. The average molecular weight is 651 g/mol. The molecule has 44 heavy (non-hydrogen) atoms. The lowest BCUT2D eigenvalue weighted by atomic mass is 10.0. The summed E-state index contributed by atoms with van der Waals surface area (Å²) in [5.74, 6) is -0.173. The van der Waals surface area contributed by atoms with Gasteiger partial charge >= 0.3 is 0 Å². The third-order valence-electron chi connectivity index (χ3n) is 8.22. The van der Waals surface area contributed by atoms with E-state index in [4.69, 9.17) is 0 Å². The second kappa shape index (κ2) is 15.6. The summed E-state index contributed by atoms with van der Waals surface area (Å²) in [5, 5.41) is 0. The molecule has 0 bridgehead atoms. The van der Waals surface area contributed by atoms with E-state index in [-0.39, 0.29) is 11.8 Å². The molecule has 5 nitrogen and oxygen atoms in total. The van der Waals surface area contributed by atoms with E-state index in [0.717, 1.165) is 47.2 Å². The van der Waals surface area contributed by atoms with Crippen molar-refractivity contribution >= 4 is 33.8 Å². The van der Waals surface area contributed by atoms with Crippen molar-refractivity contribution in [3.63, 3.8) is 0 Å². The quantitative estimate of drug-likeness (QED) is 0.164. The molecular weight excluding hydrogens is 610 g/mol. The standard InChI is InChI=1S/C38H40BrN3O2/c1-2-30-13-15-34(16-14-30)29-42(37(43)22-19-31-17-20-35(39)21-18-31)36(27-32-9-5-3-6-10-32)38(44)41-25-23-40(24-26-41)28-33-11-7-4-8-12-33/h3-22,36H,2,23-29H2,1H3. The minimum Gasteiger partial charge on any atom is -0.338 e. The van der Waals surface area contributed by atoms with Crippen LogP contribution in [0.25, 0.3) is 6.08 Å². The van der Waals surface area contributed by atoms with Gasteiger partial charge in [-0.2, -0.15) is 0 Å². The van der Waals surface area contributed by atoms with Crippen molar-refractivity contribution in [1.82, 2.24) is 14.7 Å². The molecule has 1 unspecified atom stereocenters. The number of amides is 2. The molecule has 1 aliphatic heterocycles. The zero-order valence-corrected chi connectivity index (χ0v) is 26.9. The molecule has 5 rings (SSSR count). The van der Waals surface area contributed by atoms with Gasteiger partial charge in [-0.15, -0.1) is 0 Å². The van der Waals surface area contributed by atoms with Crippen molar-refractivity contribution in [1.29, 1.82) is 0 Å². The number of carbonyl (C=O) groups excluding carboxylic acids is 2. The van der Waals surface area contributed by atoms with Gasteiger partial charge in [-0.05, 0) is 52.4 Å². The Morgan fingerprint density at radius 2 is 1.34 bits per heavy atom. The molecule has 0 radical (unpaired) electrons. The summed E-state index contributed by atoms with van der Waals surface area (Å²) in [7, 11) is 0. The van der Waals surface area contributed by atoms with Gasteiger partial charge in [0.1, 0.15) is 6.04 Å². The summed E-state index contributed by atoms with van der Waals surface area (Å²) in [5.41, 5.74) is 5.48. The maximum atomic E-state index is 14.4. The van der Waals surface area contributed by atoms with Gasteiger partial charge < -0.3 is 9.80 Å². The monoisotopic (exact) mass is 649 g/mol. The van der Waals surface area contributed by atoms with Crippen LogP contribution in [0, 0.1) is 0 Å². The van der Waals surface area contributed by atoms with E-state index >= 15 is 0 Å². The Kier molecular flexibility index (Phi) is 11.2. The Hall–Kier alpha value is -4.00. The number of hydrogen-bond acceptors (Lipinski definition) is 3. The Labute approximate surface area is 269 Å². The van der Waals surface area contributed by atoms with Crippen LogP contribution in [-0.4, -0.2) is 58.7 Å². The van der Waals surface area contributed by atoms with Gasteiger partial charge in [-0.1, -0.05) is 120 Å². The minimum atomic E-state index is -0.633. The molecule has 1 aliphatic rings. The lowest BCUT2D eigenvalue weighted by molar-refractivity contribution is -0.145. The van der Waals surface area contributed by atoms with E-state index in [9.17, 15) is 9.59 Å². The van der Waals surface area contributed by atoms with E-state index in [1.54, 1.807) is 11.0 Å². The summed E-state index contributed by atoms with van der Waals surface area (Å²) >= 11 is 3.48. The van der Waals surface area contributed by atoms with Gasteiger partial charge in [0.15, 0.2) is 0 Å². The number of piperazine rings is 1. The fourth-order valence-electron chi connectivity index (χ4n) is 5.60. The van der Waals surface area contributed by atoms with Crippen molar-refractivity contribution in [3.05, 3.63) is 148 Å². The molecule has 0 N–H and O–H groups in total. The molecule has 4 aromatic carbocycles. The van der Waals surface area contributed by atoms with E-state index in [1.165, 1.54) is 11.1 Å². The smallest absolute Gasteiger partial charge is 0.247 e. The summed E-state index contributed by atoms with van der Waals surface area (Å²) in [6, 6.07) is 36.0. The molecule has 0 saturated carbocycles. The van der Waals surface area contributed by atoms with Crippen LogP contribution in [0.3, 0.4) is 0 Å². The third kappa shape index (κ3) is 8.77. The number of rotatable bonds is 11. The average Bonchev–Trinajstić information content (AvgIpc) is 3.07. The van der Waals surface area contributed by atoms with Crippen LogP contribution in [0.5, 0.6) is 0 Å². The topological polar surface area (TPSA) is 43.9 Å². The van der Waals surface area contributed by atoms with Gasteiger partial charge in [0.2, 0.25) is 11.8 Å². The Bertz CT molecular complexity index is 1510. The van der Waals surface area contributed by atoms with Crippen molar-refractivity contribution in [2.75, 3.05) is 26.2 Å². The summed E-state index contributed by atoms with van der Waals surface area (Å²) in [6.07, 6.45) is 4.83. The van der Waals surface area contributed by atoms with E-state index in [0.29, 0.717) is 26.1 Å². The predicted molar refractivity (Wildman–Crippen MR) is 182 cm³/mol. The highest BCUT2D eigenvalue weighted by Crippen LogP contribution is 2.20. The van der Waals surface area contributed by atoms with Gasteiger partial charge in [0.05, 0.1) is 0 Å². The first-order valence-electron chi connectivity index (χ1n) is 15.4. The van der Waals surface area contributed by atoms with Gasteiger partial charge in [-0.25, -0.2) is 0 Å². The number of nitrogens with zero attached hydrogens (tertiary/aromatic N) is 3. The van der Waals surface area contributed by atoms with Crippen LogP contribution in [0.15, 0.2) is 120 Å². The number of aryl methyl sites for hydroxylation is 1. The fourth-order valence-corrected chi connectivity index (χ4v) is 5.87. The van der Waals surface area contributed by atoms with Crippen LogP contribution in [0.4, 0.5) is 0 Å².